The highest BCUT2D eigenvalue weighted by Crippen LogP contribution is 2.23. The van der Waals surface area contributed by atoms with Crippen molar-refractivity contribution in [2.45, 2.75) is 6.54 Å². The zero-order valence-electron chi connectivity index (χ0n) is 11.3. The van der Waals surface area contributed by atoms with Crippen molar-refractivity contribution in [3.05, 3.63) is 51.4 Å². The van der Waals surface area contributed by atoms with Gasteiger partial charge in [0.25, 0.3) is 0 Å². The van der Waals surface area contributed by atoms with Crippen LogP contribution in [0.5, 0.6) is 0 Å². The third-order valence-electron chi connectivity index (χ3n) is 3.04. The molecule has 0 fully saturated rings. The largest absolute Gasteiger partial charge is 0.336 e. The Morgan fingerprint density at radius 2 is 2.19 bits per heavy atom. The number of fused-ring (bicyclic) bond motifs is 1. The van der Waals surface area contributed by atoms with Crippen molar-refractivity contribution in [1.82, 2.24) is 14.6 Å². The van der Waals surface area contributed by atoms with Crippen LogP contribution in [-0.2, 0) is 6.54 Å². The van der Waals surface area contributed by atoms with Crippen molar-refractivity contribution in [3.8, 4) is 0 Å². The van der Waals surface area contributed by atoms with Crippen molar-refractivity contribution in [2.75, 3.05) is 12.5 Å². The molecule has 0 saturated heterocycles. The summed E-state index contributed by atoms with van der Waals surface area (Å²) in [6.45, 7) is 0.564. The second kappa shape index (κ2) is 5.87. The molecular formula is C14H13BrN4OS. The Bertz CT molecular complexity index is 782. The van der Waals surface area contributed by atoms with Gasteiger partial charge in [0.15, 0.2) is 0 Å². The van der Waals surface area contributed by atoms with E-state index in [1.165, 1.54) is 0 Å². The summed E-state index contributed by atoms with van der Waals surface area (Å²) in [6, 6.07) is 11.5. The van der Waals surface area contributed by atoms with Crippen LogP contribution in [0.4, 0.5) is 4.79 Å². The summed E-state index contributed by atoms with van der Waals surface area (Å²) in [5.41, 5.74) is 4.55. The summed E-state index contributed by atoms with van der Waals surface area (Å²) in [4.78, 5) is 19.2. The number of imidazole rings is 1. The van der Waals surface area contributed by atoms with Crippen LogP contribution in [0.15, 0.2) is 46.5 Å². The minimum absolute atomic E-state index is 0.178. The number of thiophene rings is 1. The van der Waals surface area contributed by atoms with Gasteiger partial charge in [0.05, 0.1) is 21.4 Å². The first kappa shape index (κ1) is 14.1. The number of carbonyl (C=O) groups excluding carboxylic acids is 1. The van der Waals surface area contributed by atoms with Crippen LogP contribution in [0.1, 0.15) is 4.88 Å². The number of carbonyl (C=O) groups is 1. The molecule has 0 atom stereocenters. The topological polar surface area (TPSA) is 50.2 Å². The molecule has 2 aromatic heterocycles. The van der Waals surface area contributed by atoms with E-state index in [4.69, 9.17) is 0 Å². The quantitative estimate of drug-likeness (QED) is 0.770. The molecule has 108 valence electrons. The van der Waals surface area contributed by atoms with Gasteiger partial charge in [-0.2, -0.15) is 0 Å². The minimum atomic E-state index is -0.178. The van der Waals surface area contributed by atoms with Gasteiger partial charge in [-0.1, -0.05) is 12.1 Å². The lowest BCUT2D eigenvalue weighted by Gasteiger charge is -2.17. The summed E-state index contributed by atoms with van der Waals surface area (Å²) >= 11 is 5.04. The predicted octanol–water partition coefficient (Wildman–Crippen LogP) is 3.66. The van der Waals surface area contributed by atoms with Crippen molar-refractivity contribution >= 4 is 44.3 Å². The van der Waals surface area contributed by atoms with Gasteiger partial charge in [-0.25, -0.2) is 19.9 Å². The number of nitrogens with one attached hydrogen (secondary N) is 1. The summed E-state index contributed by atoms with van der Waals surface area (Å²) < 4.78 is 2.70. The van der Waals surface area contributed by atoms with Gasteiger partial charge in [0, 0.05) is 11.9 Å². The number of nitrogens with zero attached hydrogens (tertiary/aromatic N) is 3. The van der Waals surface area contributed by atoms with E-state index in [1.54, 1.807) is 34.3 Å². The molecule has 2 heterocycles. The van der Waals surface area contributed by atoms with Crippen molar-refractivity contribution in [3.63, 3.8) is 0 Å². The lowest BCUT2D eigenvalue weighted by Crippen LogP contribution is -2.35. The molecule has 0 radical (unpaired) electrons. The maximum Gasteiger partial charge on any atom is 0.336 e. The molecule has 0 bridgehead atoms. The van der Waals surface area contributed by atoms with Gasteiger partial charge in [-0.15, -0.1) is 11.3 Å². The highest BCUT2D eigenvalue weighted by atomic mass is 79.9. The molecule has 7 heteroatoms. The van der Waals surface area contributed by atoms with E-state index >= 15 is 0 Å². The fourth-order valence-corrected chi connectivity index (χ4v) is 3.52. The lowest BCUT2D eigenvalue weighted by atomic mass is 10.3. The highest BCUT2D eigenvalue weighted by Gasteiger charge is 2.12. The molecule has 1 N–H and O–H groups in total. The van der Waals surface area contributed by atoms with E-state index < -0.39 is 0 Å². The van der Waals surface area contributed by atoms with Gasteiger partial charge in [-0.05, 0) is 40.2 Å². The monoisotopic (exact) mass is 364 g/mol. The van der Waals surface area contributed by atoms with E-state index in [0.29, 0.717) is 6.54 Å². The molecule has 2 amide bonds. The number of aromatic nitrogens is 2. The summed E-state index contributed by atoms with van der Waals surface area (Å²) in [5.74, 6) is 0. The second-order valence-corrected chi connectivity index (χ2v) is 7.13. The lowest BCUT2D eigenvalue weighted by molar-refractivity contribution is 0.218. The van der Waals surface area contributed by atoms with Crippen LogP contribution in [0.2, 0.25) is 0 Å². The smallest absolute Gasteiger partial charge is 0.321 e. The van der Waals surface area contributed by atoms with Crippen molar-refractivity contribution in [2.24, 2.45) is 0 Å². The fraction of sp³-hybridized carbons (Fsp3) is 0.143. The maximum absolute atomic E-state index is 12.2. The first-order chi connectivity index (χ1) is 10.1. The Labute approximate surface area is 134 Å². The molecule has 5 nitrogen and oxygen atoms in total. The summed E-state index contributed by atoms with van der Waals surface area (Å²) in [6.07, 6.45) is 1.61. The molecule has 0 spiro atoms. The maximum atomic E-state index is 12.2. The molecule has 1 aromatic carbocycles. The van der Waals surface area contributed by atoms with Gasteiger partial charge in [-0.3, -0.25) is 0 Å². The summed E-state index contributed by atoms with van der Waals surface area (Å²) in [5, 5.41) is 0. The summed E-state index contributed by atoms with van der Waals surface area (Å²) in [7, 11) is 1.77. The van der Waals surface area contributed by atoms with Crippen molar-refractivity contribution in [1.29, 1.82) is 0 Å². The van der Waals surface area contributed by atoms with Crippen LogP contribution in [-0.4, -0.2) is 27.6 Å². The van der Waals surface area contributed by atoms with E-state index in [0.717, 1.165) is 19.7 Å². The van der Waals surface area contributed by atoms with E-state index in [9.17, 15) is 4.79 Å². The normalized spacial score (nSPS) is 10.8. The number of para-hydroxylation sites is 2. The zero-order chi connectivity index (χ0) is 14.8. The molecule has 0 aliphatic carbocycles. The van der Waals surface area contributed by atoms with Crippen molar-refractivity contribution < 1.29 is 4.79 Å². The number of urea groups is 1. The molecule has 0 unspecified atom stereocenters. The number of amides is 2. The van der Waals surface area contributed by atoms with Gasteiger partial charge >= 0.3 is 6.03 Å². The molecule has 0 saturated carbocycles. The molecule has 3 aromatic rings. The number of halogens is 1. The second-order valence-electron chi connectivity index (χ2n) is 4.58. The Morgan fingerprint density at radius 3 is 2.95 bits per heavy atom. The standard InChI is InChI=1S/C14H13BrN4OS/c1-18(8-10-6-7-13(15)21-10)14(20)17-19-9-16-11-4-2-3-5-12(11)19/h2-7,9H,8H2,1H3,(H,17,20). The Morgan fingerprint density at radius 1 is 1.38 bits per heavy atom. The van der Waals surface area contributed by atoms with Gasteiger partial charge < -0.3 is 4.90 Å². The number of hydrogen-bond acceptors (Lipinski definition) is 3. The number of rotatable bonds is 3. The molecule has 3 rings (SSSR count). The molecular weight excluding hydrogens is 352 g/mol. The third-order valence-corrected chi connectivity index (χ3v) is 4.65. The Kier molecular flexibility index (Phi) is 3.94. The first-order valence-electron chi connectivity index (χ1n) is 6.32. The molecule has 21 heavy (non-hydrogen) atoms. The molecule has 0 aliphatic rings. The SMILES string of the molecule is CN(Cc1ccc(Br)s1)C(=O)Nn1cnc2ccccc21. The van der Waals surface area contributed by atoms with Crippen LogP contribution >= 0.6 is 27.3 Å². The fourth-order valence-electron chi connectivity index (χ4n) is 1.98. The third kappa shape index (κ3) is 3.08. The van der Waals surface area contributed by atoms with Crippen LogP contribution in [0.3, 0.4) is 0 Å². The molecule has 0 aliphatic heterocycles. The van der Waals surface area contributed by atoms with Crippen LogP contribution in [0.25, 0.3) is 11.0 Å². The van der Waals surface area contributed by atoms with Crippen LogP contribution in [0, 0.1) is 0 Å². The zero-order valence-corrected chi connectivity index (χ0v) is 13.7. The van der Waals surface area contributed by atoms with Gasteiger partial charge in [0.2, 0.25) is 0 Å². The first-order valence-corrected chi connectivity index (χ1v) is 7.93. The van der Waals surface area contributed by atoms with Gasteiger partial charge in [0.1, 0.15) is 6.33 Å². The van der Waals surface area contributed by atoms with E-state index in [2.05, 4.69) is 26.3 Å². The predicted molar refractivity (Wildman–Crippen MR) is 88.0 cm³/mol. The highest BCUT2D eigenvalue weighted by molar-refractivity contribution is 9.11. The minimum Gasteiger partial charge on any atom is -0.321 e. The number of benzene rings is 1. The average molecular weight is 365 g/mol. The average Bonchev–Trinajstić information content (AvgIpc) is 3.06. The Hall–Kier alpha value is -1.86. The Balaban J connectivity index is 1.70. The van der Waals surface area contributed by atoms with E-state index in [-0.39, 0.29) is 6.03 Å². The number of hydrogen-bond donors (Lipinski definition) is 1. The van der Waals surface area contributed by atoms with Crippen LogP contribution < -0.4 is 5.43 Å². The van der Waals surface area contributed by atoms with E-state index in [1.807, 2.05) is 36.4 Å².